The molecule has 0 aliphatic heterocycles. The molecule has 2 aromatic rings. The lowest BCUT2D eigenvalue weighted by Gasteiger charge is -2.05. The second-order valence-corrected chi connectivity index (χ2v) is 5.33. The van der Waals surface area contributed by atoms with E-state index in [-0.39, 0.29) is 5.92 Å². The Morgan fingerprint density at radius 2 is 2.26 bits per heavy atom. The van der Waals surface area contributed by atoms with Crippen LogP contribution in [-0.2, 0) is 4.79 Å². The zero-order valence-electron chi connectivity index (χ0n) is 10.6. The molecular formula is C16H14ClNO. The van der Waals surface area contributed by atoms with E-state index in [1.807, 2.05) is 25.1 Å². The Labute approximate surface area is 116 Å². The Morgan fingerprint density at radius 3 is 3.05 bits per heavy atom. The van der Waals surface area contributed by atoms with Crippen molar-refractivity contribution in [1.82, 2.24) is 4.98 Å². The van der Waals surface area contributed by atoms with Crippen LogP contribution in [0.25, 0.3) is 23.1 Å². The minimum absolute atomic E-state index is 0.0504. The molecule has 0 amide bonds. The molecule has 3 rings (SSSR count). The Hall–Kier alpha value is -1.80. The van der Waals surface area contributed by atoms with Gasteiger partial charge in [-0.15, -0.1) is 0 Å². The Morgan fingerprint density at radius 1 is 1.42 bits per heavy atom. The summed E-state index contributed by atoms with van der Waals surface area (Å²) in [5, 5.41) is 1.85. The molecule has 1 aromatic heterocycles. The topological polar surface area (TPSA) is 32.9 Å². The predicted octanol–water partition coefficient (Wildman–Crippen LogP) is 4.46. The van der Waals surface area contributed by atoms with Crippen LogP contribution in [-0.4, -0.2) is 11.3 Å². The molecule has 1 aliphatic rings. The van der Waals surface area contributed by atoms with Gasteiger partial charge in [-0.3, -0.25) is 0 Å². The molecule has 1 heterocycles. The number of carbonyl (C=O) groups excluding carboxylic acids is 1. The number of rotatable bonds is 2. The van der Waals surface area contributed by atoms with Gasteiger partial charge in [-0.25, -0.2) is 0 Å². The van der Waals surface area contributed by atoms with Gasteiger partial charge in [0.15, 0.2) is 0 Å². The van der Waals surface area contributed by atoms with Crippen molar-refractivity contribution >= 4 is 40.9 Å². The maximum absolute atomic E-state index is 11.0. The second kappa shape index (κ2) is 4.71. The van der Waals surface area contributed by atoms with Crippen LogP contribution in [0.5, 0.6) is 0 Å². The summed E-state index contributed by atoms with van der Waals surface area (Å²) in [6.45, 7) is 1.93. The van der Waals surface area contributed by atoms with Gasteiger partial charge < -0.3 is 9.78 Å². The van der Waals surface area contributed by atoms with E-state index in [1.165, 1.54) is 0 Å². The van der Waals surface area contributed by atoms with Crippen LogP contribution in [0.15, 0.2) is 29.8 Å². The van der Waals surface area contributed by atoms with Crippen molar-refractivity contribution in [2.24, 2.45) is 5.92 Å². The quantitative estimate of drug-likeness (QED) is 0.804. The van der Waals surface area contributed by atoms with Crippen LogP contribution in [0.3, 0.4) is 0 Å². The number of allylic oxidation sites excluding steroid dienone is 2. The van der Waals surface area contributed by atoms with Gasteiger partial charge in [-0.2, -0.15) is 0 Å². The second-order valence-electron chi connectivity index (χ2n) is 4.89. The van der Waals surface area contributed by atoms with E-state index in [9.17, 15) is 4.79 Å². The molecule has 96 valence electrons. The highest BCUT2D eigenvalue weighted by Gasteiger charge is 2.14. The molecule has 0 saturated heterocycles. The summed E-state index contributed by atoms with van der Waals surface area (Å²) in [5.74, 6) is -0.0504. The standard InChI is InChI=1S/C16H14ClNO/c1-10(9-19)11-3-2-4-13-14-8-12(17)5-6-15(14)18-16(13)7-11/h2,4-10,18H,3H2,1H3. The molecule has 1 aliphatic carbocycles. The van der Waals surface area contributed by atoms with Crippen molar-refractivity contribution < 1.29 is 4.79 Å². The summed E-state index contributed by atoms with van der Waals surface area (Å²) in [7, 11) is 0. The highest BCUT2D eigenvalue weighted by Crippen LogP contribution is 2.31. The maximum Gasteiger partial charge on any atom is 0.126 e. The van der Waals surface area contributed by atoms with Crippen molar-refractivity contribution in [3.05, 3.63) is 46.1 Å². The summed E-state index contributed by atoms with van der Waals surface area (Å²) in [6.07, 6.45) is 8.09. The summed E-state index contributed by atoms with van der Waals surface area (Å²) in [5.41, 5.74) is 4.39. The van der Waals surface area contributed by atoms with Gasteiger partial charge in [-0.05, 0) is 30.7 Å². The van der Waals surface area contributed by atoms with Gasteiger partial charge in [0.2, 0.25) is 0 Å². The number of aldehydes is 1. The van der Waals surface area contributed by atoms with Crippen LogP contribution < -0.4 is 0 Å². The van der Waals surface area contributed by atoms with Gasteiger partial charge in [-0.1, -0.05) is 36.2 Å². The van der Waals surface area contributed by atoms with Crippen LogP contribution in [0.2, 0.25) is 5.02 Å². The smallest absolute Gasteiger partial charge is 0.126 e. The van der Waals surface area contributed by atoms with E-state index >= 15 is 0 Å². The molecule has 0 saturated carbocycles. The van der Waals surface area contributed by atoms with Gasteiger partial charge in [0.25, 0.3) is 0 Å². The maximum atomic E-state index is 11.0. The SMILES string of the molecule is CC(C=O)C1=Cc2[nH]c3ccc(Cl)cc3c2C=CC1. The summed E-state index contributed by atoms with van der Waals surface area (Å²) < 4.78 is 0. The molecule has 19 heavy (non-hydrogen) atoms. The van der Waals surface area contributed by atoms with E-state index in [1.54, 1.807) is 0 Å². The molecule has 0 spiro atoms. The number of benzene rings is 1. The van der Waals surface area contributed by atoms with Crippen molar-refractivity contribution in [3.63, 3.8) is 0 Å². The van der Waals surface area contributed by atoms with E-state index in [2.05, 4.69) is 23.2 Å². The Bertz CT molecular complexity index is 709. The first-order valence-electron chi connectivity index (χ1n) is 6.32. The highest BCUT2D eigenvalue weighted by molar-refractivity contribution is 6.31. The number of fused-ring (bicyclic) bond motifs is 3. The molecular weight excluding hydrogens is 258 g/mol. The fourth-order valence-electron chi connectivity index (χ4n) is 2.46. The summed E-state index contributed by atoms with van der Waals surface area (Å²) in [6, 6.07) is 5.83. The summed E-state index contributed by atoms with van der Waals surface area (Å²) >= 11 is 6.06. The lowest BCUT2D eigenvalue weighted by Crippen LogP contribution is -1.99. The lowest BCUT2D eigenvalue weighted by molar-refractivity contribution is -0.109. The van der Waals surface area contributed by atoms with Gasteiger partial charge >= 0.3 is 0 Å². The molecule has 1 N–H and O–H groups in total. The first kappa shape index (κ1) is 12.2. The monoisotopic (exact) mass is 271 g/mol. The minimum Gasteiger partial charge on any atom is -0.355 e. The van der Waals surface area contributed by atoms with Gasteiger partial charge in [0.1, 0.15) is 6.29 Å². The average Bonchev–Trinajstić information content (AvgIpc) is 2.61. The lowest BCUT2D eigenvalue weighted by atomic mass is 9.99. The van der Waals surface area contributed by atoms with Crippen LogP contribution >= 0.6 is 11.6 Å². The number of aromatic nitrogens is 1. The predicted molar refractivity (Wildman–Crippen MR) is 80.2 cm³/mol. The number of nitrogens with one attached hydrogen (secondary N) is 1. The normalized spacial score (nSPS) is 15.8. The number of H-pyrrole nitrogens is 1. The van der Waals surface area contributed by atoms with E-state index < -0.39 is 0 Å². The zero-order chi connectivity index (χ0) is 13.4. The number of halogens is 1. The van der Waals surface area contributed by atoms with Crippen LogP contribution in [0.1, 0.15) is 24.6 Å². The minimum atomic E-state index is -0.0504. The number of carbonyl (C=O) groups is 1. The third-order valence-electron chi connectivity index (χ3n) is 3.59. The Balaban J connectivity index is 2.21. The van der Waals surface area contributed by atoms with Crippen LogP contribution in [0.4, 0.5) is 0 Å². The fraction of sp³-hybridized carbons (Fsp3) is 0.188. The number of hydrogen-bond acceptors (Lipinski definition) is 1. The highest BCUT2D eigenvalue weighted by atomic mass is 35.5. The van der Waals surface area contributed by atoms with Crippen molar-refractivity contribution in [2.75, 3.05) is 0 Å². The molecule has 1 atom stereocenters. The molecule has 0 bridgehead atoms. The van der Waals surface area contributed by atoms with Crippen molar-refractivity contribution in [1.29, 1.82) is 0 Å². The molecule has 2 nitrogen and oxygen atoms in total. The third kappa shape index (κ3) is 2.13. The summed E-state index contributed by atoms with van der Waals surface area (Å²) in [4.78, 5) is 14.3. The first-order valence-corrected chi connectivity index (χ1v) is 6.70. The zero-order valence-corrected chi connectivity index (χ0v) is 11.4. The van der Waals surface area contributed by atoms with E-state index in [0.717, 1.165) is 45.5 Å². The largest absolute Gasteiger partial charge is 0.355 e. The fourth-order valence-corrected chi connectivity index (χ4v) is 2.63. The van der Waals surface area contributed by atoms with Gasteiger partial charge in [0, 0.05) is 33.1 Å². The molecule has 1 aromatic carbocycles. The first-order chi connectivity index (χ1) is 9.19. The van der Waals surface area contributed by atoms with Crippen molar-refractivity contribution in [3.8, 4) is 0 Å². The molecule has 0 fully saturated rings. The average molecular weight is 272 g/mol. The number of aromatic amines is 1. The van der Waals surface area contributed by atoms with Crippen LogP contribution in [0, 0.1) is 5.92 Å². The molecule has 1 unspecified atom stereocenters. The van der Waals surface area contributed by atoms with E-state index in [4.69, 9.17) is 11.6 Å². The number of hydrogen-bond donors (Lipinski definition) is 1. The molecule has 0 radical (unpaired) electrons. The van der Waals surface area contributed by atoms with Gasteiger partial charge in [0.05, 0.1) is 0 Å². The Kier molecular flexibility index (Phi) is 3.03. The molecule has 3 heteroatoms. The van der Waals surface area contributed by atoms with E-state index in [0.29, 0.717) is 0 Å². The van der Waals surface area contributed by atoms with Crippen molar-refractivity contribution in [2.45, 2.75) is 13.3 Å². The third-order valence-corrected chi connectivity index (χ3v) is 3.82.